The van der Waals surface area contributed by atoms with Crippen molar-refractivity contribution in [2.24, 2.45) is 0 Å². The fourth-order valence-electron chi connectivity index (χ4n) is 4.14. The summed E-state index contributed by atoms with van der Waals surface area (Å²) < 4.78 is 16.1. The van der Waals surface area contributed by atoms with Gasteiger partial charge in [0.1, 0.15) is 17.2 Å². The number of carbonyl (C=O) groups is 2. The van der Waals surface area contributed by atoms with Crippen molar-refractivity contribution in [2.75, 3.05) is 58.4 Å². The molecule has 0 atom stereocenters. The predicted octanol–water partition coefficient (Wildman–Crippen LogP) is 3.01. The maximum atomic E-state index is 13.4. The van der Waals surface area contributed by atoms with Crippen LogP contribution >= 0.6 is 0 Å². The molecular weight excluding hydrogens is 434 g/mol. The van der Waals surface area contributed by atoms with E-state index in [4.69, 9.17) is 14.2 Å². The van der Waals surface area contributed by atoms with Crippen LogP contribution in [0.25, 0.3) is 5.57 Å². The van der Waals surface area contributed by atoms with Crippen LogP contribution in [0.2, 0.25) is 0 Å². The summed E-state index contributed by atoms with van der Waals surface area (Å²) in [5.74, 6) is 0.831. The van der Waals surface area contributed by atoms with Gasteiger partial charge < -0.3 is 19.5 Å². The van der Waals surface area contributed by atoms with Crippen LogP contribution in [0.1, 0.15) is 18.9 Å². The number of nitrogens with one attached hydrogen (secondary N) is 1. The Morgan fingerprint density at radius 2 is 1.59 bits per heavy atom. The van der Waals surface area contributed by atoms with Gasteiger partial charge in [0, 0.05) is 31.9 Å². The first kappa shape index (κ1) is 23.8. The molecule has 8 heteroatoms. The van der Waals surface area contributed by atoms with Gasteiger partial charge in [0.05, 0.1) is 32.5 Å². The van der Waals surface area contributed by atoms with E-state index < -0.39 is 0 Å². The highest BCUT2D eigenvalue weighted by atomic mass is 16.5. The molecule has 1 saturated heterocycles. The molecule has 0 saturated carbocycles. The summed E-state index contributed by atoms with van der Waals surface area (Å²) in [6.45, 7) is 6.88. The van der Waals surface area contributed by atoms with Gasteiger partial charge in [0.25, 0.3) is 11.8 Å². The van der Waals surface area contributed by atoms with E-state index in [1.165, 1.54) is 4.90 Å². The maximum absolute atomic E-state index is 13.4. The zero-order valence-corrected chi connectivity index (χ0v) is 19.7. The summed E-state index contributed by atoms with van der Waals surface area (Å²) >= 11 is 0. The van der Waals surface area contributed by atoms with E-state index in [0.717, 1.165) is 38.6 Å². The molecule has 4 rings (SSSR count). The number of carbonyl (C=O) groups excluding carboxylic acids is 2. The zero-order valence-electron chi connectivity index (χ0n) is 19.7. The number of methoxy groups -OCH3 is 1. The lowest BCUT2D eigenvalue weighted by atomic mass is 10.0. The topological polar surface area (TPSA) is 80.3 Å². The third-order valence-corrected chi connectivity index (χ3v) is 5.94. The maximum Gasteiger partial charge on any atom is 0.278 e. The molecule has 1 fully saturated rings. The van der Waals surface area contributed by atoms with Crippen LogP contribution < -0.4 is 14.8 Å². The lowest BCUT2D eigenvalue weighted by Crippen LogP contribution is -2.39. The standard InChI is InChI=1S/C26H31N3O5/c1-3-34-22-11-7-20(8-12-22)27-24-23(19-5-9-21(32-2)10-6-19)25(30)29(26(24)31)14-4-13-28-15-17-33-18-16-28/h5-12,27H,3-4,13-18H2,1-2H3. The van der Waals surface area contributed by atoms with E-state index in [1.807, 2.05) is 31.2 Å². The van der Waals surface area contributed by atoms with Crippen LogP contribution in [0.4, 0.5) is 5.69 Å². The van der Waals surface area contributed by atoms with Crippen LogP contribution in [0.15, 0.2) is 54.2 Å². The molecule has 2 amide bonds. The molecule has 2 aliphatic rings. The molecule has 34 heavy (non-hydrogen) atoms. The Morgan fingerprint density at radius 1 is 0.912 bits per heavy atom. The van der Waals surface area contributed by atoms with Crippen molar-refractivity contribution < 1.29 is 23.8 Å². The van der Waals surface area contributed by atoms with Crippen molar-refractivity contribution in [2.45, 2.75) is 13.3 Å². The Hall–Kier alpha value is -3.36. The van der Waals surface area contributed by atoms with Gasteiger partial charge >= 0.3 is 0 Å². The van der Waals surface area contributed by atoms with Crippen LogP contribution in [-0.2, 0) is 14.3 Å². The Kier molecular flexibility index (Phi) is 7.82. The summed E-state index contributed by atoms with van der Waals surface area (Å²) in [6, 6.07) is 14.5. The molecule has 0 aromatic heterocycles. The molecule has 180 valence electrons. The number of ether oxygens (including phenoxy) is 3. The third-order valence-electron chi connectivity index (χ3n) is 5.94. The van der Waals surface area contributed by atoms with Gasteiger partial charge in [0.2, 0.25) is 0 Å². The fourth-order valence-corrected chi connectivity index (χ4v) is 4.14. The number of benzene rings is 2. The first-order valence-corrected chi connectivity index (χ1v) is 11.7. The van der Waals surface area contributed by atoms with E-state index in [2.05, 4.69) is 10.2 Å². The Bertz CT molecular complexity index is 1030. The summed E-state index contributed by atoms with van der Waals surface area (Å²) in [7, 11) is 1.59. The van der Waals surface area contributed by atoms with Crippen molar-refractivity contribution in [1.82, 2.24) is 9.80 Å². The SMILES string of the molecule is CCOc1ccc(NC2=C(c3ccc(OC)cc3)C(=O)N(CCCN3CCOCC3)C2=O)cc1. The molecule has 2 aliphatic heterocycles. The fraction of sp³-hybridized carbons (Fsp3) is 0.385. The molecule has 0 bridgehead atoms. The van der Waals surface area contributed by atoms with Crippen molar-refractivity contribution >= 4 is 23.1 Å². The molecule has 2 heterocycles. The van der Waals surface area contributed by atoms with Gasteiger partial charge in [-0.15, -0.1) is 0 Å². The van der Waals surface area contributed by atoms with Crippen LogP contribution in [-0.4, -0.2) is 74.7 Å². The minimum atomic E-state index is -0.313. The molecule has 1 N–H and O–H groups in total. The Balaban J connectivity index is 1.55. The number of imide groups is 1. The smallest absolute Gasteiger partial charge is 0.278 e. The van der Waals surface area contributed by atoms with Crippen molar-refractivity contribution in [3.63, 3.8) is 0 Å². The number of hydrogen-bond acceptors (Lipinski definition) is 7. The van der Waals surface area contributed by atoms with Gasteiger partial charge in [-0.05, 0) is 55.3 Å². The minimum absolute atomic E-state index is 0.283. The minimum Gasteiger partial charge on any atom is -0.497 e. The number of morpholine rings is 1. The second-order valence-electron chi connectivity index (χ2n) is 8.13. The normalized spacial score (nSPS) is 16.8. The summed E-state index contributed by atoms with van der Waals surface area (Å²) in [5.41, 5.74) is 2.03. The van der Waals surface area contributed by atoms with Crippen molar-refractivity contribution in [3.05, 3.63) is 59.8 Å². The number of nitrogens with zero attached hydrogens (tertiary/aromatic N) is 2. The number of amides is 2. The van der Waals surface area contributed by atoms with Crippen LogP contribution in [0.5, 0.6) is 11.5 Å². The molecular formula is C26H31N3O5. The predicted molar refractivity (Wildman–Crippen MR) is 130 cm³/mol. The Morgan fingerprint density at radius 3 is 2.24 bits per heavy atom. The van der Waals surface area contributed by atoms with E-state index in [1.54, 1.807) is 31.4 Å². The quantitative estimate of drug-likeness (QED) is 0.541. The third kappa shape index (κ3) is 5.40. The highest BCUT2D eigenvalue weighted by molar-refractivity contribution is 6.36. The van der Waals surface area contributed by atoms with Gasteiger partial charge in [0.15, 0.2) is 0 Å². The van der Waals surface area contributed by atoms with E-state index in [0.29, 0.717) is 42.1 Å². The molecule has 8 nitrogen and oxygen atoms in total. The van der Waals surface area contributed by atoms with Gasteiger partial charge in [-0.2, -0.15) is 0 Å². The number of anilines is 1. The van der Waals surface area contributed by atoms with Crippen molar-refractivity contribution in [3.8, 4) is 11.5 Å². The average molecular weight is 466 g/mol. The summed E-state index contributed by atoms with van der Waals surface area (Å²) in [6.07, 6.45) is 0.712. The molecule has 2 aromatic rings. The first-order valence-electron chi connectivity index (χ1n) is 11.7. The number of hydrogen-bond donors (Lipinski definition) is 1. The molecule has 2 aromatic carbocycles. The Labute approximate surface area is 200 Å². The molecule has 0 unspecified atom stereocenters. The van der Waals surface area contributed by atoms with Gasteiger partial charge in [-0.25, -0.2) is 0 Å². The second-order valence-corrected chi connectivity index (χ2v) is 8.13. The molecule has 0 aliphatic carbocycles. The summed E-state index contributed by atoms with van der Waals surface area (Å²) in [5, 5.41) is 3.19. The number of rotatable bonds is 10. The molecule has 0 spiro atoms. The van der Waals surface area contributed by atoms with Gasteiger partial charge in [-0.1, -0.05) is 12.1 Å². The second kappa shape index (κ2) is 11.2. The highest BCUT2D eigenvalue weighted by Gasteiger charge is 2.39. The average Bonchev–Trinajstić information content (AvgIpc) is 3.10. The van der Waals surface area contributed by atoms with Gasteiger partial charge in [-0.3, -0.25) is 19.4 Å². The van der Waals surface area contributed by atoms with Crippen molar-refractivity contribution in [1.29, 1.82) is 0 Å². The first-order chi connectivity index (χ1) is 16.6. The van der Waals surface area contributed by atoms with Crippen LogP contribution in [0, 0.1) is 0 Å². The monoisotopic (exact) mass is 465 g/mol. The lowest BCUT2D eigenvalue weighted by Gasteiger charge is -2.27. The van der Waals surface area contributed by atoms with Crippen LogP contribution in [0.3, 0.4) is 0 Å². The largest absolute Gasteiger partial charge is 0.497 e. The zero-order chi connectivity index (χ0) is 23.9. The summed E-state index contributed by atoms with van der Waals surface area (Å²) in [4.78, 5) is 30.4. The molecule has 0 radical (unpaired) electrons. The van der Waals surface area contributed by atoms with E-state index >= 15 is 0 Å². The van der Waals surface area contributed by atoms with E-state index in [9.17, 15) is 9.59 Å². The van der Waals surface area contributed by atoms with E-state index in [-0.39, 0.29) is 17.5 Å². The highest BCUT2D eigenvalue weighted by Crippen LogP contribution is 2.32. The lowest BCUT2D eigenvalue weighted by molar-refractivity contribution is -0.136.